The summed E-state index contributed by atoms with van der Waals surface area (Å²) in [6.45, 7) is 3.33. The minimum absolute atomic E-state index is 0.150. The van der Waals surface area contributed by atoms with E-state index in [4.69, 9.17) is 14.2 Å². The van der Waals surface area contributed by atoms with Crippen molar-refractivity contribution in [2.75, 3.05) is 13.2 Å². The maximum Gasteiger partial charge on any atom is 0.169 e. The molecule has 1 aromatic carbocycles. The van der Waals surface area contributed by atoms with Crippen molar-refractivity contribution in [3.8, 4) is 0 Å². The van der Waals surface area contributed by atoms with Crippen LogP contribution >= 0.6 is 0 Å². The molecular weight excluding hydrogens is 288 g/mol. The zero-order chi connectivity index (χ0) is 15.8. The molecule has 3 atom stereocenters. The molecule has 2 aliphatic heterocycles. The minimum atomic E-state index is -0.553. The van der Waals surface area contributed by atoms with Gasteiger partial charge in [-0.05, 0) is 37.3 Å². The molecule has 0 saturated carbocycles. The summed E-state index contributed by atoms with van der Waals surface area (Å²) < 4.78 is 18.5. The second-order valence-electron chi connectivity index (χ2n) is 6.87. The molecule has 2 heterocycles. The fourth-order valence-electron chi connectivity index (χ4n) is 4.08. The third-order valence-electron chi connectivity index (χ3n) is 5.20. The summed E-state index contributed by atoms with van der Waals surface area (Å²) >= 11 is 0. The van der Waals surface area contributed by atoms with Gasteiger partial charge in [0.25, 0.3) is 0 Å². The van der Waals surface area contributed by atoms with Gasteiger partial charge in [-0.25, -0.2) is 0 Å². The second-order valence-corrected chi connectivity index (χ2v) is 6.87. The molecule has 3 aliphatic rings. The van der Waals surface area contributed by atoms with E-state index in [1.807, 2.05) is 31.2 Å². The Hall–Kier alpha value is -1.42. The molecule has 122 valence electrons. The highest BCUT2D eigenvalue weighted by Crippen LogP contribution is 2.52. The Morgan fingerprint density at radius 1 is 1.30 bits per heavy atom. The normalized spacial score (nSPS) is 36.0. The molecule has 0 bridgehead atoms. The van der Waals surface area contributed by atoms with Gasteiger partial charge in [0.05, 0.1) is 19.3 Å². The molecule has 3 heteroatoms. The third-order valence-corrected chi connectivity index (χ3v) is 5.20. The van der Waals surface area contributed by atoms with E-state index in [9.17, 15) is 0 Å². The minimum Gasteiger partial charge on any atom is -0.370 e. The van der Waals surface area contributed by atoms with Crippen LogP contribution in [0.15, 0.2) is 48.1 Å². The van der Waals surface area contributed by atoms with Gasteiger partial charge in [-0.3, -0.25) is 0 Å². The van der Waals surface area contributed by atoms with Gasteiger partial charge in [0.15, 0.2) is 5.79 Å². The summed E-state index contributed by atoms with van der Waals surface area (Å²) in [6.07, 6.45) is 10.8. The van der Waals surface area contributed by atoms with Gasteiger partial charge in [0.2, 0.25) is 0 Å². The van der Waals surface area contributed by atoms with E-state index in [0.717, 1.165) is 25.9 Å². The van der Waals surface area contributed by atoms with Crippen LogP contribution in [-0.4, -0.2) is 30.7 Å². The van der Waals surface area contributed by atoms with Crippen molar-refractivity contribution in [3.63, 3.8) is 0 Å². The largest absolute Gasteiger partial charge is 0.370 e. The summed E-state index contributed by atoms with van der Waals surface area (Å²) in [6, 6.07) is 10.3. The molecule has 1 spiro atoms. The zero-order valence-corrected chi connectivity index (χ0v) is 13.7. The fourth-order valence-corrected chi connectivity index (χ4v) is 4.08. The Bertz CT molecular complexity index is 621. The first kappa shape index (κ1) is 15.1. The summed E-state index contributed by atoms with van der Waals surface area (Å²) in [5, 5.41) is 0. The van der Waals surface area contributed by atoms with Crippen LogP contribution < -0.4 is 0 Å². The summed E-state index contributed by atoms with van der Waals surface area (Å²) in [7, 11) is 0. The van der Waals surface area contributed by atoms with E-state index in [0.29, 0.717) is 6.61 Å². The van der Waals surface area contributed by atoms with E-state index in [1.165, 1.54) is 17.6 Å². The van der Waals surface area contributed by atoms with Crippen molar-refractivity contribution in [2.45, 2.75) is 50.1 Å². The molecule has 2 saturated heterocycles. The molecule has 2 fully saturated rings. The molecule has 0 radical (unpaired) electrons. The molecular formula is C20H24O3. The molecule has 3 nitrogen and oxygen atoms in total. The average Bonchev–Trinajstić information content (AvgIpc) is 3.03. The number of benzene rings is 1. The van der Waals surface area contributed by atoms with Crippen molar-refractivity contribution in [3.05, 3.63) is 53.6 Å². The predicted octanol–water partition coefficient (Wildman–Crippen LogP) is 4.10. The second kappa shape index (κ2) is 5.90. The van der Waals surface area contributed by atoms with Gasteiger partial charge in [0, 0.05) is 6.42 Å². The lowest BCUT2D eigenvalue weighted by atomic mass is 9.81. The third kappa shape index (κ3) is 2.78. The van der Waals surface area contributed by atoms with Crippen LogP contribution in [0.4, 0.5) is 0 Å². The summed E-state index contributed by atoms with van der Waals surface area (Å²) in [5.74, 6) is -0.553. The van der Waals surface area contributed by atoms with E-state index >= 15 is 0 Å². The smallest absolute Gasteiger partial charge is 0.169 e. The Balaban J connectivity index is 1.40. The van der Waals surface area contributed by atoms with Gasteiger partial charge in [0.1, 0.15) is 5.60 Å². The lowest BCUT2D eigenvalue weighted by Gasteiger charge is -2.34. The highest BCUT2D eigenvalue weighted by atomic mass is 16.7. The molecule has 1 aliphatic carbocycles. The summed E-state index contributed by atoms with van der Waals surface area (Å²) in [5.41, 5.74) is 2.31. The molecule has 4 rings (SSSR count). The fraction of sp³-hybridized carbons (Fsp3) is 0.500. The van der Waals surface area contributed by atoms with Gasteiger partial charge >= 0.3 is 0 Å². The molecule has 0 unspecified atom stereocenters. The van der Waals surface area contributed by atoms with Crippen LogP contribution in [0.25, 0.3) is 6.08 Å². The maximum atomic E-state index is 6.47. The van der Waals surface area contributed by atoms with E-state index in [1.54, 1.807) is 0 Å². The van der Waals surface area contributed by atoms with Crippen molar-refractivity contribution in [1.29, 1.82) is 0 Å². The topological polar surface area (TPSA) is 27.7 Å². The van der Waals surface area contributed by atoms with Crippen LogP contribution in [0.5, 0.6) is 0 Å². The van der Waals surface area contributed by atoms with Crippen molar-refractivity contribution < 1.29 is 14.2 Å². The van der Waals surface area contributed by atoms with Crippen molar-refractivity contribution >= 4 is 6.08 Å². The first-order valence-corrected chi connectivity index (χ1v) is 8.57. The van der Waals surface area contributed by atoms with Crippen LogP contribution in [0, 0.1) is 0 Å². The SMILES string of the molecule is C[C@]1(OCC=Cc2ccccc2)C[C@@H]2OCC3=CCCC[C@]32O1. The van der Waals surface area contributed by atoms with Crippen LogP contribution in [0.2, 0.25) is 0 Å². The first-order chi connectivity index (χ1) is 11.2. The standard InChI is InChI=1S/C20H24O3/c1-19(22-13-7-10-16-8-3-2-4-9-16)14-18-20(23-19)12-6-5-11-17(20)15-21-18/h2-4,7-11,18H,5-6,12-15H2,1H3/t18-,19+,20-/m0/s1. The molecule has 1 aromatic rings. The lowest BCUT2D eigenvalue weighted by molar-refractivity contribution is -0.229. The first-order valence-electron chi connectivity index (χ1n) is 8.57. The Morgan fingerprint density at radius 3 is 3.04 bits per heavy atom. The number of allylic oxidation sites excluding steroid dienone is 1. The molecule has 0 aromatic heterocycles. The van der Waals surface area contributed by atoms with Gasteiger partial charge < -0.3 is 14.2 Å². The lowest BCUT2D eigenvalue weighted by Crippen LogP contribution is -2.40. The van der Waals surface area contributed by atoms with Crippen molar-refractivity contribution in [2.24, 2.45) is 0 Å². The van der Waals surface area contributed by atoms with Gasteiger partial charge in [-0.1, -0.05) is 48.6 Å². The van der Waals surface area contributed by atoms with Gasteiger partial charge in [-0.15, -0.1) is 0 Å². The highest BCUT2D eigenvalue weighted by Gasteiger charge is 2.60. The van der Waals surface area contributed by atoms with Crippen LogP contribution in [0.1, 0.15) is 38.2 Å². The van der Waals surface area contributed by atoms with Gasteiger partial charge in [-0.2, -0.15) is 0 Å². The van der Waals surface area contributed by atoms with Crippen molar-refractivity contribution in [1.82, 2.24) is 0 Å². The zero-order valence-electron chi connectivity index (χ0n) is 13.7. The molecule has 0 N–H and O–H groups in total. The molecule has 23 heavy (non-hydrogen) atoms. The number of ether oxygens (including phenoxy) is 3. The van der Waals surface area contributed by atoms with Crippen LogP contribution in [-0.2, 0) is 14.2 Å². The number of hydrogen-bond acceptors (Lipinski definition) is 3. The number of hydrogen-bond donors (Lipinski definition) is 0. The Kier molecular flexibility index (Phi) is 3.88. The number of rotatable bonds is 4. The predicted molar refractivity (Wildman–Crippen MR) is 89.9 cm³/mol. The monoisotopic (exact) mass is 312 g/mol. The summed E-state index contributed by atoms with van der Waals surface area (Å²) in [4.78, 5) is 0. The molecule has 0 amide bonds. The van der Waals surface area contributed by atoms with E-state index in [2.05, 4.69) is 24.3 Å². The Morgan fingerprint density at radius 2 is 2.17 bits per heavy atom. The average molecular weight is 312 g/mol. The quantitative estimate of drug-likeness (QED) is 0.783. The Labute approximate surface area is 137 Å². The van der Waals surface area contributed by atoms with E-state index < -0.39 is 5.79 Å². The van der Waals surface area contributed by atoms with E-state index in [-0.39, 0.29) is 11.7 Å². The maximum absolute atomic E-state index is 6.47. The highest BCUT2D eigenvalue weighted by molar-refractivity contribution is 5.48. The van der Waals surface area contributed by atoms with Crippen LogP contribution in [0.3, 0.4) is 0 Å².